The van der Waals surface area contributed by atoms with Gasteiger partial charge in [0.1, 0.15) is 0 Å². The summed E-state index contributed by atoms with van der Waals surface area (Å²) in [5, 5.41) is 0. The van der Waals surface area contributed by atoms with Crippen LogP contribution in [0.3, 0.4) is 0 Å². The van der Waals surface area contributed by atoms with Gasteiger partial charge in [0.25, 0.3) is 0 Å². The van der Waals surface area contributed by atoms with Crippen LogP contribution in [0.25, 0.3) is 0 Å². The predicted octanol–water partition coefficient (Wildman–Crippen LogP) is 4.64. The second-order valence-electron chi connectivity index (χ2n) is 6.73. The number of rotatable bonds is 8. The van der Waals surface area contributed by atoms with Crippen molar-refractivity contribution < 1.29 is 0 Å². The topological polar surface area (TPSA) is 0 Å². The largest absolute Gasteiger partial charge is 0.191 e. The van der Waals surface area contributed by atoms with Crippen molar-refractivity contribution in [2.24, 2.45) is 0 Å². The summed E-state index contributed by atoms with van der Waals surface area (Å²) in [7, 11) is 2.32. The van der Waals surface area contributed by atoms with Gasteiger partial charge in [-0.05, 0) is 56.2 Å². The first kappa shape index (κ1) is 17.9. The molecule has 0 atom stereocenters. The van der Waals surface area contributed by atoms with Crippen molar-refractivity contribution in [1.29, 1.82) is 0 Å². The van der Waals surface area contributed by atoms with Crippen LogP contribution >= 0.6 is 0 Å². The van der Waals surface area contributed by atoms with Crippen molar-refractivity contribution in [3.63, 3.8) is 0 Å². The quantitative estimate of drug-likeness (QED) is 0.623. The van der Waals surface area contributed by atoms with E-state index >= 15 is 0 Å². The molecule has 2 aromatic carbocycles. The van der Waals surface area contributed by atoms with Crippen LogP contribution in [0.2, 0.25) is 0 Å². The zero-order valence-corrected chi connectivity index (χ0v) is 15.3. The molecule has 121 valence electrons. The molecule has 0 unspecified atom stereocenters. The molecule has 0 saturated heterocycles. The number of aryl methyl sites for hydroxylation is 4. The van der Waals surface area contributed by atoms with Crippen LogP contribution in [0, 0.1) is 13.8 Å². The van der Waals surface area contributed by atoms with E-state index < -0.39 is 0 Å². The van der Waals surface area contributed by atoms with E-state index in [-0.39, 0.29) is 0 Å². The van der Waals surface area contributed by atoms with Crippen molar-refractivity contribution in [2.45, 2.75) is 66.2 Å². The molecule has 0 aromatic heterocycles. The van der Waals surface area contributed by atoms with Gasteiger partial charge in [-0.1, -0.05) is 79.6 Å². The number of benzene rings is 2. The van der Waals surface area contributed by atoms with Gasteiger partial charge in [-0.2, -0.15) is 0 Å². The SMILES string of the molecule is CCCCc1ccc([B]c2ccc(CCCC)c(C)c2)c(C)c1. The molecule has 0 amide bonds. The van der Waals surface area contributed by atoms with E-state index in [0.717, 1.165) is 0 Å². The van der Waals surface area contributed by atoms with Crippen LogP contribution in [0.4, 0.5) is 0 Å². The summed E-state index contributed by atoms with van der Waals surface area (Å²) in [6.07, 6.45) is 7.48. The molecule has 0 bridgehead atoms. The minimum atomic E-state index is 1.20. The van der Waals surface area contributed by atoms with Gasteiger partial charge >= 0.3 is 0 Å². The van der Waals surface area contributed by atoms with Crippen molar-refractivity contribution in [2.75, 3.05) is 0 Å². The monoisotopic (exact) mass is 305 g/mol. The van der Waals surface area contributed by atoms with E-state index in [2.05, 4.69) is 71.4 Å². The lowest BCUT2D eigenvalue weighted by Crippen LogP contribution is -2.29. The molecule has 0 nitrogen and oxygen atoms in total. The maximum absolute atomic E-state index is 2.35. The van der Waals surface area contributed by atoms with E-state index in [0.29, 0.717) is 0 Å². The lowest BCUT2D eigenvalue weighted by atomic mass is 9.62. The van der Waals surface area contributed by atoms with E-state index in [1.807, 2.05) is 0 Å². The van der Waals surface area contributed by atoms with Gasteiger partial charge in [-0.3, -0.25) is 0 Å². The molecule has 0 saturated carbocycles. The Balaban J connectivity index is 2.08. The first-order valence-electron chi connectivity index (χ1n) is 9.17. The Bertz CT molecular complexity index is 628. The molecule has 0 aliphatic rings. The van der Waals surface area contributed by atoms with Gasteiger partial charge in [-0.25, -0.2) is 0 Å². The molecule has 23 heavy (non-hydrogen) atoms. The van der Waals surface area contributed by atoms with Crippen LogP contribution < -0.4 is 10.9 Å². The van der Waals surface area contributed by atoms with Crippen molar-refractivity contribution >= 4 is 18.2 Å². The highest BCUT2D eigenvalue weighted by molar-refractivity contribution is 6.67. The minimum Gasteiger partial charge on any atom is -0.0811 e. The van der Waals surface area contributed by atoms with Gasteiger partial charge in [0, 0.05) is 0 Å². The van der Waals surface area contributed by atoms with Gasteiger partial charge in [0.05, 0.1) is 0 Å². The molecule has 0 fully saturated rings. The Morgan fingerprint density at radius 3 is 2.17 bits per heavy atom. The first-order chi connectivity index (χ1) is 11.1. The Hall–Kier alpha value is -1.50. The van der Waals surface area contributed by atoms with E-state index in [1.165, 1.54) is 71.7 Å². The molecule has 2 aromatic rings. The summed E-state index contributed by atoms with van der Waals surface area (Å²) in [6.45, 7) is 8.97. The highest BCUT2D eigenvalue weighted by Gasteiger charge is 2.06. The Labute approximate surface area is 143 Å². The highest BCUT2D eigenvalue weighted by atomic mass is 14.0. The Morgan fingerprint density at radius 2 is 1.52 bits per heavy atom. The van der Waals surface area contributed by atoms with Crippen LogP contribution in [-0.2, 0) is 12.8 Å². The smallest absolute Gasteiger partial charge is 0.0811 e. The third kappa shape index (κ3) is 5.27. The maximum atomic E-state index is 2.35. The zero-order chi connectivity index (χ0) is 16.7. The molecule has 0 aliphatic carbocycles. The average molecular weight is 305 g/mol. The molecule has 0 heterocycles. The fourth-order valence-electron chi connectivity index (χ4n) is 3.07. The summed E-state index contributed by atoms with van der Waals surface area (Å²) < 4.78 is 0. The molecular weight excluding hydrogens is 275 g/mol. The second-order valence-corrected chi connectivity index (χ2v) is 6.73. The van der Waals surface area contributed by atoms with Crippen LogP contribution in [0.1, 0.15) is 61.8 Å². The van der Waals surface area contributed by atoms with Gasteiger partial charge in [0.15, 0.2) is 7.28 Å². The second kappa shape index (κ2) is 8.96. The van der Waals surface area contributed by atoms with Crippen LogP contribution in [0.5, 0.6) is 0 Å². The van der Waals surface area contributed by atoms with E-state index in [4.69, 9.17) is 0 Å². The molecule has 1 heteroatoms. The average Bonchev–Trinajstić information content (AvgIpc) is 2.54. The highest BCUT2D eigenvalue weighted by Crippen LogP contribution is 2.10. The predicted molar refractivity (Wildman–Crippen MR) is 105 cm³/mol. The molecule has 0 N–H and O–H groups in total. The molecule has 1 radical (unpaired) electrons. The molecule has 0 aliphatic heterocycles. The number of hydrogen-bond acceptors (Lipinski definition) is 0. The Kier molecular flexibility index (Phi) is 6.96. The lowest BCUT2D eigenvalue weighted by Gasteiger charge is -2.11. The van der Waals surface area contributed by atoms with Crippen molar-refractivity contribution in [3.05, 3.63) is 58.7 Å². The van der Waals surface area contributed by atoms with Gasteiger partial charge < -0.3 is 0 Å². The fraction of sp³-hybridized carbons (Fsp3) is 0.455. The summed E-state index contributed by atoms with van der Waals surface area (Å²) in [6, 6.07) is 13.8. The van der Waals surface area contributed by atoms with Crippen molar-refractivity contribution in [1.82, 2.24) is 0 Å². The normalized spacial score (nSPS) is 10.8. The number of hydrogen-bond donors (Lipinski definition) is 0. The summed E-state index contributed by atoms with van der Waals surface area (Å²) >= 11 is 0. The van der Waals surface area contributed by atoms with Gasteiger partial charge in [-0.15, -0.1) is 0 Å². The summed E-state index contributed by atoms with van der Waals surface area (Å²) in [5.74, 6) is 0. The molecular formula is C22H30B. The molecule has 2 rings (SSSR count). The van der Waals surface area contributed by atoms with Crippen molar-refractivity contribution in [3.8, 4) is 0 Å². The van der Waals surface area contributed by atoms with E-state index in [1.54, 1.807) is 0 Å². The summed E-state index contributed by atoms with van der Waals surface area (Å²) in [5.41, 5.74) is 8.41. The summed E-state index contributed by atoms with van der Waals surface area (Å²) in [4.78, 5) is 0. The number of unbranched alkanes of at least 4 members (excludes halogenated alkanes) is 2. The third-order valence-corrected chi connectivity index (χ3v) is 4.64. The standard InChI is InChI=1S/C22H30B/c1-5-7-9-19-11-14-22(18(4)15-19)23-21-13-12-20(10-8-6-2)17(3)16-21/h11-16H,5-10H2,1-4H3. The zero-order valence-electron chi connectivity index (χ0n) is 15.3. The molecule has 0 spiro atoms. The fourth-order valence-corrected chi connectivity index (χ4v) is 3.07. The van der Waals surface area contributed by atoms with Gasteiger partial charge in [0.2, 0.25) is 0 Å². The van der Waals surface area contributed by atoms with E-state index in [9.17, 15) is 0 Å². The third-order valence-electron chi connectivity index (χ3n) is 4.64. The minimum absolute atomic E-state index is 1.20. The maximum Gasteiger partial charge on any atom is 0.191 e. The van der Waals surface area contributed by atoms with Crippen LogP contribution in [0.15, 0.2) is 36.4 Å². The van der Waals surface area contributed by atoms with Crippen LogP contribution in [-0.4, -0.2) is 7.28 Å². The Morgan fingerprint density at radius 1 is 0.783 bits per heavy atom. The lowest BCUT2D eigenvalue weighted by molar-refractivity contribution is 0.791. The first-order valence-corrected chi connectivity index (χ1v) is 9.17.